The van der Waals surface area contributed by atoms with E-state index in [1.54, 1.807) is 12.2 Å². The van der Waals surface area contributed by atoms with Gasteiger partial charge < -0.3 is 20.1 Å². The van der Waals surface area contributed by atoms with E-state index in [4.69, 9.17) is 10.1 Å². The van der Waals surface area contributed by atoms with Crippen LogP contribution in [0.5, 0.6) is 5.75 Å². The molecule has 1 saturated carbocycles. The maximum atomic E-state index is 9.80. The van der Waals surface area contributed by atoms with Gasteiger partial charge in [-0.3, -0.25) is 0 Å². The van der Waals surface area contributed by atoms with Crippen LogP contribution < -0.4 is 4.65 Å². The van der Waals surface area contributed by atoms with Crippen molar-refractivity contribution < 1.29 is 9.68 Å². The molecule has 3 N–H and O–H groups in total. The highest BCUT2D eigenvalue weighted by Gasteiger charge is 2.35. The van der Waals surface area contributed by atoms with Gasteiger partial charge in [-0.05, 0) is 36.4 Å². The number of hydrogen-bond donors (Lipinski definition) is 3. The van der Waals surface area contributed by atoms with Gasteiger partial charge in [0.25, 0.3) is 0 Å². The zero-order chi connectivity index (χ0) is 13.0. The molecular weight excluding hydrogens is 241 g/mol. The molecule has 5 nitrogen and oxygen atoms in total. The van der Waals surface area contributed by atoms with E-state index in [1.165, 1.54) is 0 Å². The number of pyridine rings is 1. The summed E-state index contributed by atoms with van der Waals surface area (Å²) >= 11 is 0. The molecule has 0 radical (unpaired) electrons. The van der Waals surface area contributed by atoms with Crippen LogP contribution in [0.2, 0.25) is 0 Å². The maximum Gasteiger partial charge on any atom is 0.552 e. The van der Waals surface area contributed by atoms with Crippen molar-refractivity contribution in [2.24, 2.45) is 5.92 Å². The summed E-state index contributed by atoms with van der Waals surface area (Å²) in [5.41, 5.74) is 3.68. The van der Waals surface area contributed by atoms with Gasteiger partial charge in [0, 0.05) is 22.9 Å². The molecule has 0 saturated heterocycles. The smallest absolute Gasteiger partial charge is 0.531 e. The number of H-pyrrole nitrogens is 1. The molecule has 0 atom stereocenters. The number of fused-ring (bicyclic) bond motifs is 3. The zero-order valence-electron chi connectivity index (χ0n) is 10.2. The van der Waals surface area contributed by atoms with Crippen molar-refractivity contribution in [3.8, 4) is 5.75 Å². The van der Waals surface area contributed by atoms with Crippen LogP contribution in [0.15, 0.2) is 24.4 Å². The number of aromatic nitrogens is 2. The minimum atomic E-state index is -0.921. The van der Waals surface area contributed by atoms with Crippen LogP contribution in [0.25, 0.3) is 16.6 Å². The van der Waals surface area contributed by atoms with Gasteiger partial charge in [0.15, 0.2) is 0 Å². The van der Waals surface area contributed by atoms with Gasteiger partial charge in [0.1, 0.15) is 11.4 Å². The molecule has 3 heterocycles. The molecule has 1 aliphatic carbocycles. The third-order valence-corrected chi connectivity index (χ3v) is 3.84. The summed E-state index contributed by atoms with van der Waals surface area (Å²) in [7, 11) is -0.921. The Morgan fingerprint density at radius 2 is 2.32 bits per heavy atom. The van der Waals surface area contributed by atoms with Crippen molar-refractivity contribution in [1.29, 1.82) is 5.41 Å². The average Bonchev–Trinajstić information content (AvgIpc) is 2.82. The molecule has 2 aromatic rings. The molecule has 0 unspecified atom stereocenters. The van der Waals surface area contributed by atoms with Crippen LogP contribution in [0.3, 0.4) is 0 Å². The van der Waals surface area contributed by atoms with Crippen LogP contribution >= 0.6 is 0 Å². The van der Waals surface area contributed by atoms with E-state index in [2.05, 4.69) is 9.97 Å². The first-order chi connectivity index (χ1) is 9.22. The second kappa shape index (κ2) is 3.71. The third kappa shape index (κ3) is 1.53. The Morgan fingerprint density at radius 1 is 1.47 bits per heavy atom. The van der Waals surface area contributed by atoms with E-state index in [0.29, 0.717) is 11.7 Å². The Morgan fingerprint density at radius 3 is 3.11 bits per heavy atom. The number of hydrogen-bond acceptors (Lipinski definition) is 4. The molecule has 19 heavy (non-hydrogen) atoms. The number of nitrogens with zero attached hydrogens (tertiary/aromatic N) is 1. The van der Waals surface area contributed by atoms with Crippen molar-refractivity contribution in [3.63, 3.8) is 0 Å². The van der Waals surface area contributed by atoms with Crippen LogP contribution in [-0.2, 0) is 0 Å². The number of nitrogens with one attached hydrogen (secondary N) is 2. The topological polar surface area (TPSA) is 82.0 Å². The van der Waals surface area contributed by atoms with Crippen LogP contribution in [0, 0.1) is 11.3 Å². The summed E-state index contributed by atoms with van der Waals surface area (Å²) in [6, 6.07) is 1.97. The second-order valence-electron chi connectivity index (χ2n) is 5.08. The Bertz CT molecular complexity index is 714. The SMILES string of the molecule is N=C1CC(C2=CB(O)Oc3cnc4[nH]ccc4c32)C1. The van der Waals surface area contributed by atoms with Crippen molar-refractivity contribution in [2.45, 2.75) is 12.8 Å². The van der Waals surface area contributed by atoms with E-state index in [-0.39, 0.29) is 0 Å². The number of aromatic amines is 1. The normalized spacial score (nSPS) is 21.7. The molecule has 0 bridgehead atoms. The van der Waals surface area contributed by atoms with Crippen molar-refractivity contribution in [1.82, 2.24) is 9.97 Å². The lowest BCUT2D eigenvalue weighted by molar-refractivity contribution is 0.425. The standard InChI is InChI=1S/C13H12BN3O2/c15-8-3-7(4-8)10-5-14(18)19-11-6-17-13-9(12(10)11)1-2-16-13/h1-2,5-7,15,18H,3-4H2,(H,16,17). The lowest BCUT2D eigenvalue weighted by Crippen LogP contribution is -2.30. The Hall–Kier alpha value is -2.08. The highest BCUT2D eigenvalue weighted by molar-refractivity contribution is 6.52. The van der Waals surface area contributed by atoms with E-state index in [1.807, 2.05) is 12.3 Å². The van der Waals surface area contributed by atoms with Gasteiger partial charge in [-0.1, -0.05) is 0 Å². The Labute approximate surface area is 110 Å². The molecule has 2 aliphatic rings. The molecule has 6 heteroatoms. The fourth-order valence-electron chi connectivity index (χ4n) is 2.87. The second-order valence-corrected chi connectivity index (χ2v) is 5.08. The van der Waals surface area contributed by atoms with Gasteiger partial charge in [-0.25, -0.2) is 4.98 Å². The molecule has 2 aromatic heterocycles. The van der Waals surface area contributed by atoms with Crippen molar-refractivity contribution in [2.75, 3.05) is 0 Å². The summed E-state index contributed by atoms with van der Waals surface area (Å²) in [5, 5.41) is 18.4. The summed E-state index contributed by atoms with van der Waals surface area (Å²) in [6.45, 7) is 0. The minimum Gasteiger partial charge on any atom is -0.531 e. The largest absolute Gasteiger partial charge is 0.552 e. The predicted octanol–water partition coefficient (Wildman–Crippen LogP) is 1.79. The first-order valence-electron chi connectivity index (χ1n) is 6.31. The molecule has 94 valence electrons. The van der Waals surface area contributed by atoms with Gasteiger partial charge in [-0.2, -0.15) is 0 Å². The summed E-state index contributed by atoms with van der Waals surface area (Å²) in [6.07, 6.45) is 5.04. The van der Waals surface area contributed by atoms with E-state index in [0.717, 1.165) is 40.7 Å². The highest BCUT2D eigenvalue weighted by Crippen LogP contribution is 2.44. The van der Waals surface area contributed by atoms with E-state index in [9.17, 15) is 5.02 Å². The fraction of sp³-hybridized carbons (Fsp3) is 0.231. The van der Waals surface area contributed by atoms with Crippen LogP contribution in [0.4, 0.5) is 0 Å². The first-order valence-corrected chi connectivity index (χ1v) is 6.31. The van der Waals surface area contributed by atoms with Gasteiger partial charge >= 0.3 is 7.12 Å². The molecular formula is C13H12BN3O2. The van der Waals surface area contributed by atoms with Crippen LogP contribution in [0.1, 0.15) is 18.4 Å². The van der Waals surface area contributed by atoms with Gasteiger partial charge in [0.05, 0.1) is 6.20 Å². The highest BCUT2D eigenvalue weighted by atomic mass is 16.5. The van der Waals surface area contributed by atoms with E-state index < -0.39 is 7.12 Å². The zero-order valence-corrected chi connectivity index (χ0v) is 10.2. The Balaban J connectivity index is 1.92. The fourth-order valence-corrected chi connectivity index (χ4v) is 2.87. The molecule has 4 rings (SSSR count). The number of allylic oxidation sites excluding steroid dienone is 1. The van der Waals surface area contributed by atoms with Gasteiger partial charge in [-0.15, -0.1) is 0 Å². The lowest BCUT2D eigenvalue weighted by Gasteiger charge is -2.33. The minimum absolute atomic E-state index is 0.310. The molecule has 1 aliphatic heterocycles. The maximum absolute atomic E-state index is 9.80. The first kappa shape index (κ1) is 10.8. The van der Waals surface area contributed by atoms with Crippen LogP contribution in [-0.4, -0.2) is 27.8 Å². The molecule has 0 amide bonds. The average molecular weight is 253 g/mol. The summed E-state index contributed by atoms with van der Waals surface area (Å²) in [5.74, 6) is 2.69. The summed E-state index contributed by atoms with van der Waals surface area (Å²) in [4.78, 5) is 7.37. The van der Waals surface area contributed by atoms with E-state index >= 15 is 0 Å². The lowest BCUT2D eigenvalue weighted by atomic mass is 9.69. The van der Waals surface area contributed by atoms with Crippen molar-refractivity contribution >= 4 is 29.4 Å². The third-order valence-electron chi connectivity index (χ3n) is 3.84. The predicted molar refractivity (Wildman–Crippen MR) is 73.1 cm³/mol. The molecule has 1 fully saturated rings. The number of rotatable bonds is 1. The quantitative estimate of drug-likeness (QED) is 0.677. The van der Waals surface area contributed by atoms with Gasteiger partial charge in [0.2, 0.25) is 0 Å². The summed E-state index contributed by atoms with van der Waals surface area (Å²) < 4.78 is 5.43. The monoisotopic (exact) mass is 253 g/mol. The molecule has 0 aromatic carbocycles. The van der Waals surface area contributed by atoms with Crippen molar-refractivity contribution in [3.05, 3.63) is 30.0 Å². The Kier molecular flexibility index (Phi) is 2.11. The molecule has 0 spiro atoms.